The van der Waals surface area contributed by atoms with Gasteiger partial charge in [-0.05, 0) is 24.1 Å². The molecule has 0 spiro atoms. The maximum atomic E-state index is 13.4. The summed E-state index contributed by atoms with van der Waals surface area (Å²) in [6.07, 6.45) is -0.784. The molecule has 1 atom stereocenters. The van der Waals surface area contributed by atoms with Crippen LogP contribution < -0.4 is 5.32 Å². The van der Waals surface area contributed by atoms with Crippen molar-refractivity contribution in [2.75, 3.05) is 26.4 Å². The largest absolute Gasteiger partial charge is 0.454 e. The summed E-state index contributed by atoms with van der Waals surface area (Å²) in [5, 5.41) is 2.55. The summed E-state index contributed by atoms with van der Waals surface area (Å²) in [6.45, 7) is 2.31. The number of amides is 1. The van der Waals surface area contributed by atoms with Crippen LogP contribution in [0, 0.1) is 12.7 Å². The van der Waals surface area contributed by atoms with Gasteiger partial charge in [-0.1, -0.05) is 12.1 Å². The molecule has 1 aromatic carbocycles. The van der Waals surface area contributed by atoms with Crippen molar-refractivity contribution in [2.45, 2.75) is 19.6 Å². The Kier molecular flexibility index (Phi) is 5.85. The van der Waals surface area contributed by atoms with Crippen molar-refractivity contribution in [3.05, 3.63) is 35.1 Å². The SMILES string of the molecule is Cc1ccc(CNC(=O)COC(=O)C2COCCO2)cc1F. The van der Waals surface area contributed by atoms with Crippen LogP contribution in [-0.4, -0.2) is 44.4 Å². The van der Waals surface area contributed by atoms with E-state index in [1.54, 1.807) is 19.1 Å². The topological polar surface area (TPSA) is 73.9 Å². The Morgan fingerprint density at radius 2 is 2.23 bits per heavy atom. The molecule has 1 saturated heterocycles. The number of benzene rings is 1. The van der Waals surface area contributed by atoms with Crippen molar-refractivity contribution in [1.29, 1.82) is 0 Å². The van der Waals surface area contributed by atoms with Crippen molar-refractivity contribution >= 4 is 11.9 Å². The number of halogens is 1. The highest BCUT2D eigenvalue weighted by Gasteiger charge is 2.24. The van der Waals surface area contributed by atoms with Crippen LogP contribution in [0.1, 0.15) is 11.1 Å². The molecule has 7 heteroatoms. The maximum Gasteiger partial charge on any atom is 0.338 e. The predicted octanol–water partition coefficient (Wildman–Crippen LogP) is 0.709. The Bertz CT molecular complexity index is 543. The average molecular weight is 311 g/mol. The number of ether oxygens (including phenoxy) is 3. The third kappa shape index (κ3) is 4.78. The molecule has 2 rings (SSSR count). The van der Waals surface area contributed by atoms with Crippen molar-refractivity contribution in [1.82, 2.24) is 5.32 Å². The van der Waals surface area contributed by atoms with Crippen LogP contribution in [0.15, 0.2) is 18.2 Å². The molecule has 0 aliphatic carbocycles. The van der Waals surface area contributed by atoms with E-state index in [0.717, 1.165) is 0 Å². The van der Waals surface area contributed by atoms with Crippen LogP contribution in [0.4, 0.5) is 4.39 Å². The molecule has 1 aliphatic heterocycles. The monoisotopic (exact) mass is 311 g/mol. The molecule has 0 saturated carbocycles. The number of rotatable bonds is 5. The van der Waals surface area contributed by atoms with Gasteiger partial charge in [-0.25, -0.2) is 9.18 Å². The summed E-state index contributed by atoms with van der Waals surface area (Å²) in [4.78, 5) is 23.2. The third-order valence-electron chi connectivity index (χ3n) is 3.15. The summed E-state index contributed by atoms with van der Waals surface area (Å²) in [5.41, 5.74) is 1.17. The Labute approximate surface area is 127 Å². The van der Waals surface area contributed by atoms with Gasteiger partial charge in [0.25, 0.3) is 5.91 Å². The van der Waals surface area contributed by atoms with Gasteiger partial charge in [0.15, 0.2) is 12.7 Å². The summed E-state index contributed by atoms with van der Waals surface area (Å²) in [7, 11) is 0. The molecule has 0 bridgehead atoms. The van der Waals surface area contributed by atoms with Gasteiger partial charge in [-0.3, -0.25) is 4.79 Å². The lowest BCUT2D eigenvalue weighted by molar-refractivity contribution is -0.172. The summed E-state index contributed by atoms with van der Waals surface area (Å²) in [5.74, 6) is -1.42. The van der Waals surface area contributed by atoms with E-state index < -0.39 is 24.6 Å². The standard InChI is InChI=1S/C15H18FNO5/c1-10-2-3-11(6-12(10)16)7-17-14(18)9-22-15(19)13-8-20-4-5-21-13/h2-3,6,13H,4-5,7-9H2,1H3,(H,17,18). The number of hydrogen-bond acceptors (Lipinski definition) is 5. The van der Waals surface area contributed by atoms with E-state index in [1.165, 1.54) is 6.07 Å². The molecule has 0 aromatic heterocycles. The lowest BCUT2D eigenvalue weighted by atomic mass is 10.1. The number of hydrogen-bond donors (Lipinski definition) is 1. The molecule has 1 unspecified atom stereocenters. The fourth-order valence-corrected chi connectivity index (χ4v) is 1.85. The Morgan fingerprint density at radius 1 is 1.41 bits per heavy atom. The van der Waals surface area contributed by atoms with E-state index in [1.807, 2.05) is 0 Å². The fraction of sp³-hybridized carbons (Fsp3) is 0.467. The van der Waals surface area contributed by atoms with Crippen LogP contribution in [-0.2, 0) is 30.3 Å². The molecule has 120 valence electrons. The van der Waals surface area contributed by atoms with E-state index >= 15 is 0 Å². The number of carbonyl (C=O) groups is 2. The molecule has 0 radical (unpaired) electrons. The van der Waals surface area contributed by atoms with Crippen molar-refractivity contribution in [3.8, 4) is 0 Å². The van der Waals surface area contributed by atoms with Gasteiger partial charge >= 0.3 is 5.97 Å². The zero-order chi connectivity index (χ0) is 15.9. The Morgan fingerprint density at radius 3 is 2.91 bits per heavy atom. The van der Waals surface area contributed by atoms with E-state index in [9.17, 15) is 14.0 Å². The molecular weight excluding hydrogens is 293 g/mol. The van der Waals surface area contributed by atoms with Gasteiger partial charge < -0.3 is 19.5 Å². The first kappa shape index (κ1) is 16.4. The molecule has 1 amide bonds. The van der Waals surface area contributed by atoms with Gasteiger partial charge in [0.1, 0.15) is 5.82 Å². The van der Waals surface area contributed by atoms with Crippen LogP contribution in [0.25, 0.3) is 0 Å². The summed E-state index contributed by atoms with van der Waals surface area (Å²) < 4.78 is 28.4. The number of esters is 1. The molecule has 1 fully saturated rings. The molecular formula is C15H18FNO5. The minimum Gasteiger partial charge on any atom is -0.454 e. The molecule has 1 heterocycles. The van der Waals surface area contributed by atoms with Gasteiger partial charge in [0.05, 0.1) is 19.8 Å². The minimum absolute atomic E-state index is 0.128. The van der Waals surface area contributed by atoms with E-state index in [4.69, 9.17) is 14.2 Å². The van der Waals surface area contributed by atoms with Crippen LogP contribution in [0.2, 0.25) is 0 Å². The minimum atomic E-state index is -0.784. The fourth-order valence-electron chi connectivity index (χ4n) is 1.85. The lowest BCUT2D eigenvalue weighted by Gasteiger charge is -2.21. The second-order valence-electron chi connectivity index (χ2n) is 4.90. The first-order valence-electron chi connectivity index (χ1n) is 6.94. The number of aryl methyl sites for hydroxylation is 1. The van der Waals surface area contributed by atoms with E-state index in [2.05, 4.69) is 5.32 Å². The highest BCUT2D eigenvalue weighted by Crippen LogP contribution is 2.08. The molecule has 6 nitrogen and oxygen atoms in total. The van der Waals surface area contributed by atoms with Crippen LogP contribution in [0.5, 0.6) is 0 Å². The van der Waals surface area contributed by atoms with Gasteiger partial charge in [0, 0.05) is 6.54 Å². The van der Waals surface area contributed by atoms with Crippen molar-refractivity contribution in [2.24, 2.45) is 0 Å². The average Bonchev–Trinajstić information content (AvgIpc) is 2.54. The molecule has 1 aliphatic rings. The van der Waals surface area contributed by atoms with Gasteiger partial charge in [0.2, 0.25) is 0 Å². The van der Waals surface area contributed by atoms with Crippen molar-refractivity contribution < 1.29 is 28.2 Å². The lowest BCUT2D eigenvalue weighted by Crippen LogP contribution is -2.38. The number of nitrogens with one attached hydrogen (secondary N) is 1. The highest BCUT2D eigenvalue weighted by molar-refractivity contribution is 5.82. The molecule has 1 aromatic rings. The normalized spacial score (nSPS) is 17.8. The smallest absolute Gasteiger partial charge is 0.338 e. The van der Waals surface area contributed by atoms with Gasteiger partial charge in [-0.2, -0.15) is 0 Å². The van der Waals surface area contributed by atoms with Crippen LogP contribution >= 0.6 is 0 Å². The Hall–Kier alpha value is -1.99. The zero-order valence-corrected chi connectivity index (χ0v) is 12.3. The molecule has 22 heavy (non-hydrogen) atoms. The van der Waals surface area contributed by atoms with E-state index in [-0.39, 0.29) is 19.0 Å². The maximum absolute atomic E-state index is 13.4. The second kappa shape index (κ2) is 7.86. The Balaban J connectivity index is 1.71. The van der Waals surface area contributed by atoms with E-state index in [0.29, 0.717) is 24.3 Å². The molecule has 1 N–H and O–H groups in total. The zero-order valence-electron chi connectivity index (χ0n) is 12.3. The second-order valence-corrected chi connectivity index (χ2v) is 4.90. The highest BCUT2D eigenvalue weighted by atomic mass is 19.1. The van der Waals surface area contributed by atoms with Crippen molar-refractivity contribution in [3.63, 3.8) is 0 Å². The third-order valence-corrected chi connectivity index (χ3v) is 3.15. The number of carbonyl (C=O) groups excluding carboxylic acids is 2. The van der Waals surface area contributed by atoms with Crippen LogP contribution in [0.3, 0.4) is 0 Å². The quantitative estimate of drug-likeness (QED) is 0.811. The first-order valence-corrected chi connectivity index (χ1v) is 6.94. The summed E-state index contributed by atoms with van der Waals surface area (Å²) in [6, 6.07) is 4.71. The predicted molar refractivity (Wildman–Crippen MR) is 74.5 cm³/mol. The summed E-state index contributed by atoms with van der Waals surface area (Å²) >= 11 is 0. The van der Waals surface area contributed by atoms with Gasteiger partial charge in [-0.15, -0.1) is 0 Å². The first-order chi connectivity index (χ1) is 10.6.